The van der Waals surface area contributed by atoms with Crippen LogP contribution in [0.25, 0.3) is 0 Å². The number of hydrogen-bond acceptors (Lipinski definition) is 7. The first-order valence-electron chi connectivity index (χ1n) is 6.39. The molecule has 1 heterocycles. The standard InChI is InChI=1S/C13H13BrN6O3/c1-19(2)12-10(20(22)23)11(15-7-16-12)17-18-13(21)8-5-3-4-6-9(8)14/h3-7H,1-2H3,(H,18,21)(H,15,16,17). The van der Waals surface area contributed by atoms with Crippen molar-refractivity contribution < 1.29 is 9.72 Å². The van der Waals surface area contributed by atoms with Crippen molar-refractivity contribution >= 4 is 39.2 Å². The Bertz CT molecular complexity index is 752. The average Bonchev–Trinajstić information content (AvgIpc) is 2.52. The maximum Gasteiger partial charge on any atom is 0.355 e. The van der Waals surface area contributed by atoms with Gasteiger partial charge in [-0.1, -0.05) is 12.1 Å². The summed E-state index contributed by atoms with van der Waals surface area (Å²) in [6.45, 7) is 0. The Hall–Kier alpha value is -2.75. The molecule has 1 aromatic carbocycles. The van der Waals surface area contributed by atoms with Crippen molar-refractivity contribution in [1.29, 1.82) is 0 Å². The van der Waals surface area contributed by atoms with Gasteiger partial charge in [0.05, 0.1) is 10.5 Å². The van der Waals surface area contributed by atoms with Gasteiger partial charge in [-0.2, -0.15) is 0 Å². The summed E-state index contributed by atoms with van der Waals surface area (Å²) in [4.78, 5) is 31.9. The Morgan fingerprint density at radius 1 is 1.30 bits per heavy atom. The molecule has 0 spiro atoms. The molecule has 2 N–H and O–H groups in total. The topological polar surface area (TPSA) is 113 Å². The van der Waals surface area contributed by atoms with Crippen LogP contribution in [0.3, 0.4) is 0 Å². The molecule has 0 saturated heterocycles. The number of benzene rings is 1. The number of nitro groups is 1. The molecule has 0 aliphatic heterocycles. The normalized spacial score (nSPS) is 10.0. The SMILES string of the molecule is CN(C)c1ncnc(NNC(=O)c2ccccc2Br)c1[N+](=O)[O-]. The molecule has 2 rings (SSSR count). The van der Waals surface area contributed by atoms with Crippen LogP contribution in [0, 0.1) is 10.1 Å². The first kappa shape index (κ1) is 16.6. The smallest absolute Gasteiger partial charge is 0.355 e. The van der Waals surface area contributed by atoms with E-state index in [1.165, 1.54) is 11.2 Å². The van der Waals surface area contributed by atoms with Gasteiger partial charge in [0, 0.05) is 18.6 Å². The molecule has 0 radical (unpaired) electrons. The van der Waals surface area contributed by atoms with Crippen molar-refractivity contribution in [3.8, 4) is 0 Å². The van der Waals surface area contributed by atoms with Gasteiger partial charge in [0.25, 0.3) is 5.91 Å². The third-order valence-corrected chi connectivity index (χ3v) is 3.51. The largest absolute Gasteiger partial charge is 0.357 e. The zero-order valence-electron chi connectivity index (χ0n) is 12.3. The van der Waals surface area contributed by atoms with E-state index >= 15 is 0 Å². The molecule has 1 aromatic heterocycles. The summed E-state index contributed by atoms with van der Waals surface area (Å²) < 4.78 is 0.602. The number of nitrogens with zero attached hydrogens (tertiary/aromatic N) is 4. The van der Waals surface area contributed by atoms with Crippen LogP contribution in [0.4, 0.5) is 17.3 Å². The summed E-state index contributed by atoms with van der Waals surface area (Å²) >= 11 is 3.26. The van der Waals surface area contributed by atoms with Gasteiger partial charge in [0.2, 0.25) is 11.6 Å². The van der Waals surface area contributed by atoms with Gasteiger partial charge >= 0.3 is 5.69 Å². The Morgan fingerprint density at radius 3 is 2.61 bits per heavy atom. The summed E-state index contributed by atoms with van der Waals surface area (Å²) in [6.07, 6.45) is 1.18. The number of anilines is 2. The van der Waals surface area contributed by atoms with E-state index in [0.717, 1.165) is 0 Å². The maximum atomic E-state index is 12.1. The fourth-order valence-corrected chi connectivity index (χ4v) is 2.25. The molecule has 1 amide bonds. The van der Waals surface area contributed by atoms with Crippen LogP contribution < -0.4 is 15.8 Å². The number of amides is 1. The lowest BCUT2D eigenvalue weighted by Gasteiger charge is -2.14. The van der Waals surface area contributed by atoms with E-state index in [1.807, 2.05) is 0 Å². The molecular weight excluding hydrogens is 368 g/mol. The number of aromatic nitrogens is 2. The van der Waals surface area contributed by atoms with Gasteiger partial charge in [-0.05, 0) is 28.1 Å². The summed E-state index contributed by atoms with van der Waals surface area (Å²) in [7, 11) is 3.25. The third kappa shape index (κ3) is 3.72. The molecule has 0 unspecified atom stereocenters. The molecule has 9 nitrogen and oxygen atoms in total. The molecule has 10 heteroatoms. The second-order valence-corrected chi connectivity index (χ2v) is 5.46. The number of carbonyl (C=O) groups excluding carboxylic acids is 1. The minimum atomic E-state index is -0.609. The van der Waals surface area contributed by atoms with E-state index < -0.39 is 10.8 Å². The number of nitrogens with one attached hydrogen (secondary N) is 2. The van der Waals surface area contributed by atoms with Crippen molar-refractivity contribution in [3.63, 3.8) is 0 Å². The molecule has 0 aliphatic carbocycles. The number of halogens is 1. The molecule has 0 atom stereocenters. The number of rotatable bonds is 5. The van der Waals surface area contributed by atoms with E-state index in [0.29, 0.717) is 10.0 Å². The molecule has 0 saturated carbocycles. The molecule has 2 aromatic rings. The Kier molecular flexibility index (Phi) is 5.06. The van der Waals surface area contributed by atoms with E-state index in [4.69, 9.17) is 0 Å². The lowest BCUT2D eigenvalue weighted by atomic mass is 10.2. The highest BCUT2D eigenvalue weighted by Crippen LogP contribution is 2.29. The molecular formula is C13H13BrN6O3. The van der Waals surface area contributed by atoms with Gasteiger partial charge in [-0.15, -0.1) is 0 Å². The van der Waals surface area contributed by atoms with Crippen LogP contribution in [0.15, 0.2) is 35.1 Å². The van der Waals surface area contributed by atoms with Crippen LogP contribution >= 0.6 is 15.9 Å². The number of hydrazine groups is 1. The molecule has 0 aliphatic rings. The zero-order valence-corrected chi connectivity index (χ0v) is 13.9. The highest BCUT2D eigenvalue weighted by Gasteiger charge is 2.24. The van der Waals surface area contributed by atoms with Crippen LogP contribution in [0.1, 0.15) is 10.4 Å². The van der Waals surface area contributed by atoms with Gasteiger partial charge in [0.1, 0.15) is 6.33 Å². The van der Waals surface area contributed by atoms with Gasteiger partial charge in [-0.3, -0.25) is 25.8 Å². The second kappa shape index (κ2) is 7.01. The summed E-state index contributed by atoms with van der Waals surface area (Å²) in [5.41, 5.74) is 4.91. The fourth-order valence-electron chi connectivity index (χ4n) is 1.78. The van der Waals surface area contributed by atoms with Crippen molar-refractivity contribution in [1.82, 2.24) is 15.4 Å². The van der Waals surface area contributed by atoms with Crippen molar-refractivity contribution in [2.24, 2.45) is 0 Å². The Morgan fingerprint density at radius 2 is 2.00 bits per heavy atom. The van der Waals surface area contributed by atoms with Crippen LogP contribution in [-0.4, -0.2) is 34.9 Å². The van der Waals surface area contributed by atoms with Crippen LogP contribution in [-0.2, 0) is 0 Å². The average molecular weight is 381 g/mol. The second-order valence-electron chi connectivity index (χ2n) is 4.60. The van der Waals surface area contributed by atoms with Crippen molar-refractivity contribution in [3.05, 3.63) is 50.7 Å². The van der Waals surface area contributed by atoms with Crippen molar-refractivity contribution in [2.45, 2.75) is 0 Å². The quantitative estimate of drug-likeness (QED) is 0.601. The Balaban J connectivity index is 2.24. The molecule has 0 bridgehead atoms. The van der Waals surface area contributed by atoms with E-state index in [2.05, 4.69) is 36.7 Å². The van der Waals surface area contributed by atoms with Crippen LogP contribution in [0.2, 0.25) is 0 Å². The van der Waals surface area contributed by atoms with E-state index in [-0.39, 0.29) is 17.3 Å². The lowest BCUT2D eigenvalue weighted by molar-refractivity contribution is -0.383. The number of carbonyl (C=O) groups is 1. The Labute approximate surface area is 140 Å². The van der Waals surface area contributed by atoms with Gasteiger partial charge in [-0.25, -0.2) is 9.97 Å². The first-order chi connectivity index (χ1) is 10.9. The van der Waals surface area contributed by atoms with Gasteiger partial charge in [0.15, 0.2) is 0 Å². The first-order valence-corrected chi connectivity index (χ1v) is 7.18. The number of hydrogen-bond donors (Lipinski definition) is 2. The predicted molar refractivity (Wildman–Crippen MR) is 88.2 cm³/mol. The minimum Gasteiger partial charge on any atom is -0.357 e. The summed E-state index contributed by atoms with van der Waals surface area (Å²) in [5, 5.41) is 11.3. The lowest BCUT2D eigenvalue weighted by Crippen LogP contribution is -2.30. The minimum absolute atomic E-state index is 0.103. The highest BCUT2D eigenvalue weighted by atomic mass is 79.9. The molecule has 0 fully saturated rings. The van der Waals surface area contributed by atoms with Crippen molar-refractivity contribution in [2.75, 3.05) is 24.4 Å². The summed E-state index contributed by atoms with van der Waals surface area (Å²) in [5.74, 6) is -0.437. The molecule has 120 valence electrons. The van der Waals surface area contributed by atoms with E-state index in [1.54, 1.807) is 38.4 Å². The van der Waals surface area contributed by atoms with E-state index in [9.17, 15) is 14.9 Å². The third-order valence-electron chi connectivity index (χ3n) is 2.82. The monoisotopic (exact) mass is 380 g/mol. The fraction of sp³-hybridized carbons (Fsp3) is 0.154. The highest BCUT2D eigenvalue weighted by molar-refractivity contribution is 9.10. The zero-order chi connectivity index (χ0) is 17.0. The van der Waals surface area contributed by atoms with Gasteiger partial charge < -0.3 is 4.90 Å². The maximum absolute atomic E-state index is 12.1. The molecule has 23 heavy (non-hydrogen) atoms. The summed E-state index contributed by atoms with van der Waals surface area (Å²) in [6, 6.07) is 6.80. The van der Waals surface area contributed by atoms with Crippen LogP contribution in [0.5, 0.6) is 0 Å². The predicted octanol–water partition coefficient (Wildman–Crippen LogP) is 1.97.